The lowest BCUT2D eigenvalue weighted by Crippen LogP contribution is -2.35. The molecule has 0 fully saturated rings. The third-order valence-corrected chi connectivity index (χ3v) is 6.05. The summed E-state index contributed by atoms with van der Waals surface area (Å²) in [6.45, 7) is 1.74. The average Bonchev–Trinajstić information content (AvgIpc) is 2.47. The van der Waals surface area contributed by atoms with E-state index in [0.29, 0.717) is 17.0 Å². The minimum atomic E-state index is -0.703. The molecule has 0 saturated carbocycles. The van der Waals surface area contributed by atoms with Crippen LogP contribution in [0, 0.1) is 0 Å². The highest BCUT2D eigenvalue weighted by atomic mass is 79.9. The molecule has 1 aromatic rings. The molecule has 1 aliphatic carbocycles. The van der Waals surface area contributed by atoms with Crippen molar-refractivity contribution in [2.75, 3.05) is 5.32 Å². The number of hydrogen-bond donors (Lipinski definition) is 1. The molecule has 2 atom stereocenters. The predicted octanol–water partition coefficient (Wildman–Crippen LogP) is 4.41. The maximum absolute atomic E-state index is 11.7. The number of nitrogens with zero attached hydrogens (tertiary/aromatic N) is 1. The van der Waals surface area contributed by atoms with Crippen LogP contribution in [0.1, 0.15) is 6.92 Å². The van der Waals surface area contributed by atoms with Crippen molar-refractivity contribution >= 4 is 71.1 Å². The van der Waals surface area contributed by atoms with E-state index in [1.165, 1.54) is 6.08 Å². The molecule has 0 spiro atoms. The third kappa shape index (κ3) is 4.27. The Morgan fingerprint density at radius 3 is 2.50 bits per heavy atom. The molecule has 22 heavy (non-hydrogen) atoms. The molecule has 116 valence electrons. The van der Waals surface area contributed by atoms with Gasteiger partial charge in [-0.1, -0.05) is 52.9 Å². The highest BCUT2D eigenvalue weighted by Gasteiger charge is 2.32. The summed E-state index contributed by atoms with van der Waals surface area (Å²) in [7, 11) is 0. The smallest absolute Gasteiger partial charge is 0.297 e. The van der Waals surface area contributed by atoms with Crippen LogP contribution in [0.2, 0.25) is 0 Å². The number of allylic oxidation sites excluding steroid dienone is 2. The molecular weight excluding hydrogens is 484 g/mol. The summed E-state index contributed by atoms with van der Waals surface area (Å²) in [5.41, 5.74) is 1.74. The number of hydrogen-bond acceptors (Lipinski definition) is 4. The predicted molar refractivity (Wildman–Crippen MR) is 95.9 cm³/mol. The van der Waals surface area contributed by atoms with Crippen molar-refractivity contribution in [3.05, 3.63) is 40.4 Å². The molecule has 0 heterocycles. The van der Waals surface area contributed by atoms with Crippen molar-refractivity contribution in [3.8, 4) is 0 Å². The highest BCUT2D eigenvalue weighted by Crippen LogP contribution is 2.26. The van der Waals surface area contributed by atoms with Gasteiger partial charge in [0.05, 0.1) is 15.4 Å². The van der Waals surface area contributed by atoms with Crippen LogP contribution in [-0.4, -0.2) is 27.2 Å². The molecule has 1 aliphatic rings. The number of oxime groups is 1. The Kier molecular flexibility index (Phi) is 5.94. The fourth-order valence-electron chi connectivity index (χ4n) is 1.75. The number of nitrogens with one attached hydrogen (secondary N) is 1. The van der Waals surface area contributed by atoms with Crippen LogP contribution in [0.3, 0.4) is 0 Å². The van der Waals surface area contributed by atoms with E-state index >= 15 is 0 Å². The van der Waals surface area contributed by atoms with Crippen LogP contribution in [0.4, 0.5) is 10.5 Å². The fraction of sp³-hybridized carbons (Fsp3) is 0.214. The van der Waals surface area contributed by atoms with Crippen molar-refractivity contribution in [1.82, 2.24) is 0 Å². The van der Waals surface area contributed by atoms with E-state index in [9.17, 15) is 9.59 Å². The summed E-state index contributed by atoms with van der Waals surface area (Å²) < 4.78 is 0.907. The molecule has 1 N–H and O–H groups in total. The van der Waals surface area contributed by atoms with Crippen molar-refractivity contribution < 1.29 is 14.4 Å². The number of benzene rings is 1. The monoisotopic (exact) mass is 492 g/mol. The van der Waals surface area contributed by atoms with E-state index < -0.39 is 10.9 Å². The molecule has 8 heteroatoms. The van der Waals surface area contributed by atoms with E-state index in [1.807, 2.05) is 0 Å². The van der Waals surface area contributed by atoms with Crippen molar-refractivity contribution in [2.24, 2.45) is 5.16 Å². The average molecular weight is 495 g/mol. The van der Waals surface area contributed by atoms with E-state index in [4.69, 9.17) is 4.84 Å². The van der Waals surface area contributed by atoms with Crippen molar-refractivity contribution in [1.29, 1.82) is 0 Å². The molecule has 1 aromatic carbocycles. The van der Waals surface area contributed by atoms with Gasteiger partial charge in [-0.15, -0.1) is 0 Å². The Balaban J connectivity index is 2.04. The van der Waals surface area contributed by atoms with E-state index in [-0.39, 0.29) is 10.6 Å². The zero-order valence-electron chi connectivity index (χ0n) is 11.3. The first-order valence-electron chi connectivity index (χ1n) is 6.20. The molecule has 5 nitrogen and oxygen atoms in total. The molecule has 0 bridgehead atoms. The van der Waals surface area contributed by atoms with Gasteiger partial charge in [-0.2, -0.15) is 0 Å². The minimum Gasteiger partial charge on any atom is -0.297 e. The lowest BCUT2D eigenvalue weighted by Gasteiger charge is -2.21. The normalized spacial score (nSPS) is 23.2. The molecule has 0 aromatic heterocycles. The Bertz CT molecular complexity index is 656. The maximum atomic E-state index is 11.7. The number of ketones is 1. The summed E-state index contributed by atoms with van der Waals surface area (Å²) >= 11 is 9.95. The SMILES string of the molecule is CC1=CC(=O)C(Br)C(Br)C1=NOC(=O)Nc1ccc(Br)cc1. The van der Waals surface area contributed by atoms with Crippen LogP contribution in [-0.2, 0) is 9.63 Å². The number of carbonyl (C=O) groups excluding carboxylic acids is 2. The number of carbonyl (C=O) groups is 2. The molecule has 0 saturated heterocycles. The standard InChI is InChI=1S/C14H11Br3N2O3/c1-7-6-10(20)11(16)12(17)13(7)19-22-14(21)18-9-4-2-8(15)3-5-9/h2-6,11-12H,1H3,(H,18,21). The summed E-state index contributed by atoms with van der Waals surface area (Å²) in [6, 6.07) is 7.05. The fourth-order valence-corrected chi connectivity index (χ4v) is 3.11. The van der Waals surface area contributed by atoms with E-state index in [2.05, 4.69) is 58.3 Å². The number of amides is 1. The van der Waals surface area contributed by atoms with Gasteiger partial charge in [0.25, 0.3) is 0 Å². The van der Waals surface area contributed by atoms with Gasteiger partial charge in [-0.25, -0.2) is 4.79 Å². The summed E-state index contributed by atoms with van der Waals surface area (Å²) in [4.78, 5) is 27.4. The zero-order chi connectivity index (χ0) is 16.3. The molecule has 2 rings (SSSR count). The summed E-state index contributed by atoms with van der Waals surface area (Å²) in [5, 5.41) is 6.40. The van der Waals surface area contributed by atoms with E-state index in [0.717, 1.165) is 4.47 Å². The van der Waals surface area contributed by atoms with Crippen LogP contribution >= 0.6 is 47.8 Å². The first-order valence-corrected chi connectivity index (χ1v) is 8.83. The van der Waals surface area contributed by atoms with Gasteiger partial charge < -0.3 is 0 Å². The van der Waals surface area contributed by atoms with Gasteiger partial charge in [0.1, 0.15) is 0 Å². The number of anilines is 1. The first-order chi connectivity index (χ1) is 10.4. The second kappa shape index (κ2) is 7.52. The highest BCUT2D eigenvalue weighted by molar-refractivity contribution is 9.12. The molecule has 0 aliphatic heterocycles. The van der Waals surface area contributed by atoms with E-state index in [1.54, 1.807) is 31.2 Å². The van der Waals surface area contributed by atoms with Crippen LogP contribution in [0.5, 0.6) is 0 Å². The number of alkyl halides is 2. The molecule has 2 unspecified atom stereocenters. The van der Waals surface area contributed by atoms with Gasteiger partial charge in [0.15, 0.2) is 5.78 Å². The lowest BCUT2D eigenvalue weighted by atomic mass is 9.97. The number of halogens is 3. The molecular formula is C14H11Br3N2O3. The largest absolute Gasteiger partial charge is 0.437 e. The van der Waals surface area contributed by atoms with Crippen LogP contribution in [0.15, 0.2) is 45.5 Å². The Morgan fingerprint density at radius 2 is 1.86 bits per heavy atom. The topological polar surface area (TPSA) is 67.8 Å². The van der Waals surface area contributed by atoms with Gasteiger partial charge in [0.2, 0.25) is 0 Å². The minimum absolute atomic E-state index is 0.0577. The lowest BCUT2D eigenvalue weighted by molar-refractivity contribution is -0.113. The third-order valence-electron chi connectivity index (χ3n) is 2.87. The van der Waals surface area contributed by atoms with Crippen molar-refractivity contribution in [2.45, 2.75) is 16.6 Å². The quantitative estimate of drug-likeness (QED) is 0.376. The Labute approximate surface area is 152 Å². The van der Waals surface area contributed by atoms with Gasteiger partial charge >= 0.3 is 6.09 Å². The van der Waals surface area contributed by atoms with Crippen LogP contribution < -0.4 is 5.32 Å². The number of rotatable bonds is 2. The summed E-state index contributed by atoms with van der Waals surface area (Å²) in [5.74, 6) is -0.0577. The Morgan fingerprint density at radius 1 is 1.23 bits per heavy atom. The zero-order valence-corrected chi connectivity index (χ0v) is 16.1. The van der Waals surface area contributed by atoms with Gasteiger partial charge in [-0.05, 0) is 42.8 Å². The summed E-state index contributed by atoms with van der Waals surface area (Å²) in [6.07, 6.45) is 0.761. The Hall–Kier alpha value is -0.990. The molecule has 0 radical (unpaired) electrons. The molecule has 1 amide bonds. The van der Waals surface area contributed by atoms with Gasteiger partial charge in [-0.3, -0.25) is 14.9 Å². The van der Waals surface area contributed by atoms with Crippen molar-refractivity contribution in [3.63, 3.8) is 0 Å². The second-order valence-electron chi connectivity index (χ2n) is 4.52. The first kappa shape index (κ1) is 17.4. The van der Waals surface area contributed by atoms with Crippen LogP contribution in [0.25, 0.3) is 0 Å². The second-order valence-corrected chi connectivity index (χ2v) is 7.41. The maximum Gasteiger partial charge on any atom is 0.437 e. The van der Waals surface area contributed by atoms with Gasteiger partial charge in [0, 0.05) is 10.2 Å².